The normalized spacial score (nSPS) is 18.3. The van der Waals surface area contributed by atoms with Crippen LogP contribution in [0.15, 0.2) is 22.7 Å². The van der Waals surface area contributed by atoms with Crippen LogP contribution in [0.25, 0.3) is 0 Å². The molecule has 1 saturated carbocycles. The number of methoxy groups -OCH3 is 1. The molecule has 23 heavy (non-hydrogen) atoms. The average Bonchev–Trinajstić information content (AvgIpc) is 3.18. The fraction of sp³-hybridized carbons (Fsp3) is 0.500. The van der Waals surface area contributed by atoms with Crippen molar-refractivity contribution in [3.63, 3.8) is 0 Å². The molecule has 0 unspecified atom stereocenters. The minimum Gasteiger partial charge on any atom is -0.370 e. The maximum atomic E-state index is 14.4. The Morgan fingerprint density at radius 2 is 1.96 bits per heavy atom. The number of hydrogen-bond acceptors (Lipinski definition) is 5. The zero-order chi connectivity index (χ0) is 16.4. The van der Waals surface area contributed by atoms with Crippen molar-refractivity contribution in [2.75, 3.05) is 13.7 Å². The number of aromatic nitrogens is 2. The summed E-state index contributed by atoms with van der Waals surface area (Å²) < 4.78 is 39.1. The summed E-state index contributed by atoms with van der Waals surface area (Å²) in [6.45, 7) is 0.180. The number of hydrogen-bond donors (Lipinski definition) is 1. The standard InChI is InChI=1S/C16H19F2N3O2/c1-22-12(9-19)14-20-15(21-23-14)16(7-2-3-8-16)13-10(17)5-4-6-11(13)18/h4-6,12H,2-3,7-9,19H2,1H3/t12-/m0/s1. The molecule has 1 heterocycles. The Bertz CT molecular complexity index is 659. The van der Waals surface area contributed by atoms with Gasteiger partial charge in [0, 0.05) is 19.2 Å². The molecule has 3 rings (SSSR count). The van der Waals surface area contributed by atoms with Gasteiger partial charge >= 0.3 is 0 Å². The van der Waals surface area contributed by atoms with Gasteiger partial charge < -0.3 is 15.0 Å². The Kier molecular flexibility index (Phi) is 4.41. The van der Waals surface area contributed by atoms with E-state index in [9.17, 15) is 8.78 Å². The van der Waals surface area contributed by atoms with Crippen molar-refractivity contribution in [1.82, 2.24) is 10.1 Å². The smallest absolute Gasteiger partial charge is 0.257 e. The number of ether oxygens (including phenoxy) is 1. The van der Waals surface area contributed by atoms with Crippen LogP contribution >= 0.6 is 0 Å². The summed E-state index contributed by atoms with van der Waals surface area (Å²) in [6, 6.07) is 3.88. The third-order valence-electron chi connectivity index (χ3n) is 4.54. The van der Waals surface area contributed by atoms with Crippen molar-refractivity contribution in [1.29, 1.82) is 0 Å². The minimum absolute atomic E-state index is 0.0200. The van der Waals surface area contributed by atoms with E-state index in [2.05, 4.69) is 10.1 Å². The average molecular weight is 323 g/mol. The lowest BCUT2D eigenvalue weighted by molar-refractivity contribution is 0.0803. The van der Waals surface area contributed by atoms with Crippen LogP contribution in [0.5, 0.6) is 0 Å². The van der Waals surface area contributed by atoms with Crippen molar-refractivity contribution >= 4 is 0 Å². The molecule has 0 aliphatic heterocycles. The first-order valence-electron chi connectivity index (χ1n) is 7.64. The Morgan fingerprint density at radius 1 is 1.30 bits per heavy atom. The third kappa shape index (κ3) is 2.64. The highest BCUT2D eigenvalue weighted by atomic mass is 19.1. The second kappa shape index (κ2) is 6.33. The molecule has 1 atom stereocenters. The van der Waals surface area contributed by atoms with E-state index in [1.54, 1.807) is 0 Å². The first-order chi connectivity index (χ1) is 11.1. The van der Waals surface area contributed by atoms with Gasteiger partial charge in [-0.05, 0) is 25.0 Å². The molecule has 5 nitrogen and oxygen atoms in total. The van der Waals surface area contributed by atoms with Gasteiger partial charge in [0.2, 0.25) is 0 Å². The second-order valence-electron chi connectivity index (χ2n) is 5.80. The first kappa shape index (κ1) is 16.0. The molecule has 2 N–H and O–H groups in total. The summed E-state index contributed by atoms with van der Waals surface area (Å²) in [5.74, 6) is -0.641. The Morgan fingerprint density at radius 3 is 2.52 bits per heavy atom. The lowest BCUT2D eigenvalue weighted by Crippen LogP contribution is -2.28. The van der Waals surface area contributed by atoms with E-state index >= 15 is 0 Å². The van der Waals surface area contributed by atoms with Crippen LogP contribution < -0.4 is 5.73 Å². The van der Waals surface area contributed by atoms with Gasteiger partial charge in [0.1, 0.15) is 17.7 Å². The van der Waals surface area contributed by atoms with Gasteiger partial charge in [-0.3, -0.25) is 0 Å². The van der Waals surface area contributed by atoms with Crippen LogP contribution in [0.4, 0.5) is 8.78 Å². The van der Waals surface area contributed by atoms with Gasteiger partial charge in [-0.25, -0.2) is 8.78 Å². The molecule has 0 radical (unpaired) electrons. The van der Waals surface area contributed by atoms with E-state index in [4.69, 9.17) is 15.0 Å². The molecular formula is C16H19F2N3O2. The molecule has 1 aromatic carbocycles. The molecule has 2 aromatic rings. The number of rotatable bonds is 5. The van der Waals surface area contributed by atoms with Crippen molar-refractivity contribution < 1.29 is 18.0 Å². The van der Waals surface area contributed by atoms with E-state index in [-0.39, 0.29) is 18.0 Å². The zero-order valence-electron chi connectivity index (χ0n) is 12.9. The Balaban J connectivity index is 2.09. The number of halogens is 2. The molecule has 0 saturated heterocycles. The van der Waals surface area contributed by atoms with Crippen LogP contribution in [0, 0.1) is 11.6 Å². The molecular weight excluding hydrogens is 304 g/mol. The summed E-state index contributed by atoms with van der Waals surface area (Å²) >= 11 is 0. The van der Waals surface area contributed by atoms with E-state index in [1.165, 1.54) is 25.3 Å². The third-order valence-corrected chi connectivity index (χ3v) is 4.54. The predicted octanol–water partition coefficient (Wildman–Crippen LogP) is 2.85. The maximum Gasteiger partial charge on any atom is 0.257 e. The summed E-state index contributed by atoms with van der Waals surface area (Å²) in [5.41, 5.74) is 4.72. The van der Waals surface area contributed by atoms with Crippen LogP contribution in [0.1, 0.15) is 49.1 Å². The van der Waals surface area contributed by atoms with E-state index in [0.29, 0.717) is 18.7 Å². The highest BCUT2D eigenvalue weighted by Crippen LogP contribution is 2.47. The fourth-order valence-corrected chi connectivity index (χ4v) is 3.38. The number of nitrogens with two attached hydrogens (primary N) is 1. The molecule has 124 valence electrons. The van der Waals surface area contributed by atoms with Crippen LogP contribution in [0.2, 0.25) is 0 Å². The summed E-state index contributed by atoms with van der Waals surface area (Å²) in [6.07, 6.45) is 2.32. The van der Waals surface area contributed by atoms with Gasteiger partial charge in [0.25, 0.3) is 5.89 Å². The number of benzene rings is 1. The molecule has 1 aromatic heterocycles. The van der Waals surface area contributed by atoms with Crippen LogP contribution in [-0.4, -0.2) is 23.8 Å². The monoisotopic (exact) mass is 323 g/mol. The van der Waals surface area contributed by atoms with Gasteiger partial charge in [0.15, 0.2) is 5.82 Å². The largest absolute Gasteiger partial charge is 0.370 e. The van der Waals surface area contributed by atoms with Crippen molar-refractivity contribution in [3.8, 4) is 0 Å². The lowest BCUT2D eigenvalue weighted by Gasteiger charge is -2.26. The maximum absolute atomic E-state index is 14.4. The fourth-order valence-electron chi connectivity index (χ4n) is 3.38. The van der Waals surface area contributed by atoms with Crippen LogP contribution in [0.3, 0.4) is 0 Å². The Hall–Kier alpha value is -1.86. The first-order valence-corrected chi connectivity index (χ1v) is 7.64. The van der Waals surface area contributed by atoms with Gasteiger partial charge in [-0.1, -0.05) is 24.1 Å². The summed E-state index contributed by atoms with van der Waals surface area (Å²) in [5, 5.41) is 3.99. The van der Waals surface area contributed by atoms with Gasteiger partial charge in [-0.2, -0.15) is 4.98 Å². The van der Waals surface area contributed by atoms with E-state index in [1.807, 2.05) is 0 Å². The van der Waals surface area contributed by atoms with Crippen LogP contribution in [-0.2, 0) is 10.2 Å². The lowest BCUT2D eigenvalue weighted by atomic mass is 9.77. The van der Waals surface area contributed by atoms with Gasteiger partial charge in [0.05, 0.1) is 5.41 Å². The molecule has 0 spiro atoms. The molecule has 1 aliphatic rings. The second-order valence-corrected chi connectivity index (χ2v) is 5.80. The van der Waals surface area contributed by atoms with Crippen molar-refractivity contribution in [3.05, 3.63) is 47.1 Å². The van der Waals surface area contributed by atoms with Crippen molar-refractivity contribution in [2.45, 2.75) is 37.2 Å². The zero-order valence-corrected chi connectivity index (χ0v) is 12.9. The van der Waals surface area contributed by atoms with Crippen molar-refractivity contribution in [2.24, 2.45) is 5.73 Å². The summed E-state index contributed by atoms with van der Waals surface area (Å²) in [4.78, 5) is 4.35. The Labute approximate surface area is 132 Å². The molecule has 0 amide bonds. The molecule has 1 aliphatic carbocycles. The quantitative estimate of drug-likeness (QED) is 0.916. The van der Waals surface area contributed by atoms with E-state index < -0.39 is 23.2 Å². The SMILES string of the molecule is CO[C@@H](CN)c1nc(C2(c3c(F)cccc3F)CCCC2)no1. The van der Waals surface area contributed by atoms with Gasteiger partial charge in [-0.15, -0.1) is 0 Å². The minimum atomic E-state index is -0.899. The molecule has 0 bridgehead atoms. The number of nitrogens with zero attached hydrogens (tertiary/aromatic N) is 2. The summed E-state index contributed by atoms with van der Waals surface area (Å²) in [7, 11) is 1.49. The van der Waals surface area contributed by atoms with E-state index in [0.717, 1.165) is 12.8 Å². The highest BCUT2D eigenvalue weighted by molar-refractivity contribution is 5.36. The topological polar surface area (TPSA) is 74.2 Å². The predicted molar refractivity (Wildman–Crippen MR) is 78.7 cm³/mol. The molecule has 7 heteroatoms. The molecule has 1 fully saturated rings. The highest BCUT2D eigenvalue weighted by Gasteiger charge is 2.45.